The summed E-state index contributed by atoms with van der Waals surface area (Å²) in [5, 5.41) is 6.70. The molecule has 0 unspecified atom stereocenters. The standard InChI is InChI=1S/C21H16F3N3O3/c1-30-21(29)14-9-17(16(24)10-15(14)23)25-20(28)19-13-3-2-4-18(13)27(26-19)12-7-5-11(22)6-8-12/h5-10H,2-4H2,1H3,(H,25,28). The van der Waals surface area contributed by atoms with E-state index in [-0.39, 0.29) is 11.4 Å². The molecule has 0 spiro atoms. The number of carbonyl (C=O) groups excluding carboxylic acids is 2. The maximum Gasteiger partial charge on any atom is 0.340 e. The van der Waals surface area contributed by atoms with E-state index < -0.39 is 34.9 Å². The van der Waals surface area contributed by atoms with Crippen molar-refractivity contribution in [2.45, 2.75) is 19.3 Å². The number of carbonyl (C=O) groups is 2. The Labute approximate surface area is 169 Å². The van der Waals surface area contributed by atoms with Crippen LogP contribution in [0.4, 0.5) is 18.9 Å². The van der Waals surface area contributed by atoms with E-state index in [4.69, 9.17) is 0 Å². The third kappa shape index (κ3) is 3.42. The predicted octanol–water partition coefficient (Wildman–Crippen LogP) is 3.82. The van der Waals surface area contributed by atoms with E-state index in [1.54, 1.807) is 16.8 Å². The number of rotatable bonds is 4. The third-order valence-electron chi connectivity index (χ3n) is 4.93. The molecule has 1 aliphatic rings. The van der Waals surface area contributed by atoms with E-state index in [0.717, 1.165) is 25.3 Å². The zero-order valence-electron chi connectivity index (χ0n) is 15.8. The summed E-state index contributed by atoms with van der Waals surface area (Å²) in [5.41, 5.74) is 1.35. The van der Waals surface area contributed by atoms with Gasteiger partial charge >= 0.3 is 5.97 Å². The molecule has 6 nitrogen and oxygen atoms in total. The van der Waals surface area contributed by atoms with Gasteiger partial charge in [0.25, 0.3) is 5.91 Å². The van der Waals surface area contributed by atoms with Crippen LogP contribution in [-0.4, -0.2) is 28.8 Å². The normalized spacial score (nSPS) is 12.5. The van der Waals surface area contributed by atoms with Crippen molar-refractivity contribution in [3.63, 3.8) is 0 Å². The summed E-state index contributed by atoms with van der Waals surface area (Å²) in [5.74, 6) is -4.23. The first-order valence-electron chi connectivity index (χ1n) is 9.14. The molecule has 9 heteroatoms. The van der Waals surface area contributed by atoms with Crippen LogP contribution in [0, 0.1) is 17.5 Å². The van der Waals surface area contributed by atoms with Gasteiger partial charge in [-0.3, -0.25) is 4.79 Å². The second kappa shape index (κ2) is 7.66. The lowest BCUT2D eigenvalue weighted by Crippen LogP contribution is -2.17. The molecular formula is C21H16F3N3O3. The second-order valence-corrected chi connectivity index (χ2v) is 6.77. The molecule has 0 bridgehead atoms. The van der Waals surface area contributed by atoms with Crippen LogP contribution >= 0.6 is 0 Å². The van der Waals surface area contributed by atoms with Crippen LogP contribution in [0.1, 0.15) is 38.5 Å². The van der Waals surface area contributed by atoms with Crippen LogP contribution in [0.15, 0.2) is 36.4 Å². The highest BCUT2D eigenvalue weighted by atomic mass is 19.1. The zero-order chi connectivity index (χ0) is 21.4. The van der Waals surface area contributed by atoms with Crippen LogP contribution in [0.2, 0.25) is 0 Å². The molecule has 0 atom stereocenters. The second-order valence-electron chi connectivity index (χ2n) is 6.77. The fraction of sp³-hybridized carbons (Fsp3) is 0.190. The summed E-state index contributed by atoms with van der Waals surface area (Å²) in [6.45, 7) is 0. The number of benzene rings is 2. The Kier molecular flexibility index (Phi) is 5.03. The number of anilines is 1. The first kappa shape index (κ1) is 19.7. The molecule has 1 amide bonds. The molecule has 1 aromatic heterocycles. The highest BCUT2D eigenvalue weighted by molar-refractivity contribution is 6.05. The average Bonchev–Trinajstić information content (AvgIpc) is 3.33. The molecule has 30 heavy (non-hydrogen) atoms. The van der Waals surface area contributed by atoms with E-state index in [1.165, 1.54) is 12.1 Å². The Balaban J connectivity index is 1.69. The number of aromatic nitrogens is 2. The van der Waals surface area contributed by atoms with Gasteiger partial charge in [0.2, 0.25) is 0 Å². The Hall–Kier alpha value is -3.62. The number of nitrogens with zero attached hydrogens (tertiary/aromatic N) is 2. The van der Waals surface area contributed by atoms with Crippen molar-refractivity contribution >= 4 is 17.6 Å². The van der Waals surface area contributed by atoms with Gasteiger partial charge in [0.1, 0.15) is 17.5 Å². The zero-order valence-corrected chi connectivity index (χ0v) is 15.8. The maximum atomic E-state index is 14.2. The lowest BCUT2D eigenvalue weighted by Gasteiger charge is -2.09. The molecule has 3 aromatic rings. The smallest absolute Gasteiger partial charge is 0.340 e. The molecule has 154 valence electrons. The SMILES string of the molecule is COC(=O)c1cc(NC(=O)c2nn(-c3ccc(F)cc3)c3c2CCC3)c(F)cc1F. The molecule has 0 radical (unpaired) electrons. The van der Waals surface area contributed by atoms with E-state index in [9.17, 15) is 22.8 Å². The highest BCUT2D eigenvalue weighted by Gasteiger charge is 2.28. The first-order chi connectivity index (χ1) is 14.4. The molecule has 1 N–H and O–H groups in total. The van der Waals surface area contributed by atoms with E-state index >= 15 is 0 Å². The van der Waals surface area contributed by atoms with Crippen molar-refractivity contribution in [1.29, 1.82) is 0 Å². The monoisotopic (exact) mass is 415 g/mol. The minimum Gasteiger partial charge on any atom is -0.465 e. The summed E-state index contributed by atoms with van der Waals surface area (Å²) in [7, 11) is 1.06. The Morgan fingerprint density at radius 1 is 1.07 bits per heavy atom. The van der Waals surface area contributed by atoms with Crippen LogP contribution in [-0.2, 0) is 17.6 Å². The number of fused-ring (bicyclic) bond motifs is 1. The first-order valence-corrected chi connectivity index (χ1v) is 9.14. The van der Waals surface area contributed by atoms with Gasteiger partial charge in [-0.05, 0) is 49.6 Å². The van der Waals surface area contributed by atoms with Gasteiger partial charge < -0.3 is 10.1 Å². The van der Waals surface area contributed by atoms with Crippen molar-refractivity contribution in [3.05, 3.63) is 76.4 Å². The highest BCUT2D eigenvalue weighted by Crippen LogP contribution is 2.29. The van der Waals surface area contributed by atoms with Gasteiger partial charge in [-0.25, -0.2) is 22.6 Å². The number of hydrogen-bond acceptors (Lipinski definition) is 4. The molecule has 1 heterocycles. The molecule has 0 fully saturated rings. The average molecular weight is 415 g/mol. The summed E-state index contributed by atoms with van der Waals surface area (Å²) in [6, 6.07) is 7.06. The quantitative estimate of drug-likeness (QED) is 0.658. The summed E-state index contributed by atoms with van der Waals surface area (Å²) < 4.78 is 47.3. The van der Waals surface area contributed by atoms with E-state index in [2.05, 4.69) is 15.2 Å². The van der Waals surface area contributed by atoms with Crippen molar-refractivity contribution < 1.29 is 27.5 Å². The molecule has 0 saturated heterocycles. The Bertz CT molecular complexity index is 1160. The number of esters is 1. The van der Waals surface area contributed by atoms with E-state index in [1.807, 2.05) is 0 Å². The lowest BCUT2D eigenvalue weighted by molar-refractivity contribution is 0.0595. The van der Waals surface area contributed by atoms with Crippen LogP contribution in [0.25, 0.3) is 5.69 Å². The molecule has 0 saturated carbocycles. The Morgan fingerprint density at radius 3 is 2.50 bits per heavy atom. The van der Waals surface area contributed by atoms with Crippen LogP contribution in [0.3, 0.4) is 0 Å². The summed E-state index contributed by atoms with van der Waals surface area (Å²) in [4.78, 5) is 24.5. The molecule has 1 aliphatic carbocycles. The number of ether oxygens (including phenoxy) is 1. The fourth-order valence-corrected chi connectivity index (χ4v) is 3.51. The molecule has 4 rings (SSSR count). The third-order valence-corrected chi connectivity index (χ3v) is 4.93. The van der Waals surface area contributed by atoms with Gasteiger partial charge in [-0.15, -0.1) is 0 Å². The number of methoxy groups -OCH3 is 1. The summed E-state index contributed by atoms with van der Waals surface area (Å²) in [6.07, 6.45) is 2.11. The van der Waals surface area contributed by atoms with Crippen molar-refractivity contribution in [1.82, 2.24) is 9.78 Å². The number of nitrogens with one attached hydrogen (secondary N) is 1. The molecular weight excluding hydrogens is 399 g/mol. The molecule has 2 aromatic carbocycles. The van der Waals surface area contributed by atoms with Crippen molar-refractivity contribution in [2.75, 3.05) is 12.4 Å². The fourth-order valence-electron chi connectivity index (χ4n) is 3.51. The van der Waals surface area contributed by atoms with Crippen LogP contribution < -0.4 is 5.32 Å². The minimum atomic E-state index is -1.10. The topological polar surface area (TPSA) is 73.2 Å². The van der Waals surface area contributed by atoms with Gasteiger partial charge in [0.05, 0.1) is 24.0 Å². The largest absolute Gasteiger partial charge is 0.465 e. The summed E-state index contributed by atoms with van der Waals surface area (Å²) >= 11 is 0. The lowest BCUT2D eigenvalue weighted by atomic mass is 10.1. The van der Waals surface area contributed by atoms with Crippen molar-refractivity contribution in [2.24, 2.45) is 0 Å². The Morgan fingerprint density at radius 2 is 1.80 bits per heavy atom. The van der Waals surface area contributed by atoms with Gasteiger partial charge in [0.15, 0.2) is 5.69 Å². The maximum absolute atomic E-state index is 14.2. The van der Waals surface area contributed by atoms with Crippen LogP contribution in [0.5, 0.6) is 0 Å². The van der Waals surface area contributed by atoms with Gasteiger partial charge in [-0.2, -0.15) is 5.10 Å². The number of halogens is 3. The van der Waals surface area contributed by atoms with Gasteiger partial charge in [-0.1, -0.05) is 0 Å². The number of hydrogen-bond donors (Lipinski definition) is 1. The van der Waals surface area contributed by atoms with Crippen molar-refractivity contribution in [3.8, 4) is 5.69 Å². The number of amides is 1. The minimum absolute atomic E-state index is 0.0927. The van der Waals surface area contributed by atoms with Gasteiger partial charge in [0, 0.05) is 17.3 Å². The predicted molar refractivity (Wildman–Crippen MR) is 101 cm³/mol. The molecule has 0 aliphatic heterocycles. The van der Waals surface area contributed by atoms with E-state index in [0.29, 0.717) is 30.2 Å².